The number of hydrogen-bond acceptors (Lipinski definition) is 4. The van der Waals surface area contributed by atoms with Crippen LogP contribution in [0.25, 0.3) is 0 Å². The molecule has 0 fully saturated rings. The third kappa shape index (κ3) is 3.20. The molecule has 1 aromatic rings. The molecular formula is C11H16N2O3S. The van der Waals surface area contributed by atoms with E-state index in [1.54, 1.807) is 19.1 Å². The molecular weight excluding hydrogens is 240 g/mol. The Morgan fingerprint density at radius 1 is 1.35 bits per heavy atom. The minimum Gasteiger partial charge on any atom is -0.399 e. The molecule has 0 bridgehead atoms. The van der Waals surface area contributed by atoms with Gasteiger partial charge in [0.2, 0.25) is 5.91 Å². The summed E-state index contributed by atoms with van der Waals surface area (Å²) in [4.78, 5) is 12.8. The fourth-order valence-electron chi connectivity index (χ4n) is 1.32. The van der Waals surface area contributed by atoms with Crippen molar-refractivity contribution in [2.45, 2.75) is 11.8 Å². The Kier molecular flexibility index (Phi) is 3.77. The van der Waals surface area contributed by atoms with E-state index in [9.17, 15) is 13.2 Å². The van der Waals surface area contributed by atoms with Gasteiger partial charge in [0.1, 0.15) is 5.75 Å². The molecule has 0 aliphatic carbocycles. The molecule has 0 aliphatic rings. The topological polar surface area (TPSA) is 80.5 Å². The molecule has 17 heavy (non-hydrogen) atoms. The minimum atomic E-state index is -3.63. The highest BCUT2D eigenvalue weighted by Crippen LogP contribution is 2.19. The summed E-state index contributed by atoms with van der Waals surface area (Å²) in [5, 5.41) is 0. The van der Waals surface area contributed by atoms with Crippen molar-refractivity contribution >= 4 is 21.4 Å². The zero-order chi connectivity index (χ0) is 13.2. The van der Waals surface area contributed by atoms with Crippen molar-refractivity contribution in [2.75, 3.05) is 25.6 Å². The smallest absolute Gasteiger partial charge is 0.237 e. The van der Waals surface area contributed by atoms with Crippen molar-refractivity contribution in [3.63, 3.8) is 0 Å². The molecule has 94 valence electrons. The number of sulfone groups is 1. The summed E-state index contributed by atoms with van der Waals surface area (Å²) >= 11 is 0. The van der Waals surface area contributed by atoms with Crippen LogP contribution in [0.4, 0.5) is 5.69 Å². The average molecular weight is 256 g/mol. The Hall–Kier alpha value is -1.56. The first-order valence-corrected chi connectivity index (χ1v) is 6.68. The highest BCUT2D eigenvalue weighted by molar-refractivity contribution is 7.92. The first-order chi connectivity index (χ1) is 7.74. The predicted molar refractivity (Wildman–Crippen MR) is 66.3 cm³/mol. The van der Waals surface area contributed by atoms with Crippen LogP contribution < -0.4 is 5.73 Å². The summed E-state index contributed by atoms with van der Waals surface area (Å²) in [6, 6.07) is 4.64. The number of nitrogen functional groups attached to an aromatic ring is 1. The molecule has 0 unspecified atom stereocenters. The lowest BCUT2D eigenvalue weighted by atomic mass is 10.2. The van der Waals surface area contributed by atoms with Crippen LogP contribution in [0.2, 0.25) is 0 Å². The maximum absolute atomic E-state index is 12.0. The Labute approximate surface area is 101 Å². The number of anilines is 1. The molecule has 0 radical (unpaired) electrons. The monoisotopic (exact) mass is 256 g/mol. The molecule has 0 aliphatic heterocycles. The fourth-order valence-corrected chi connectivity index (χ4v) is 2.93. The SMILES string of the molecule is Cc1ccc(N)cc1S(=O)(=O)CC(=O)N(C)C. The zero-order valence-corrected chi connectivity index (χ0v) is 10.9. The van der Waals surface area contributed by atoms with E-state index in [0.717, 1.165) is 0 Å². The highest BCUT2D eigenvalue weighted by Gasteiger charge is 2.22. The van der Waals surface area contributed by atoms with Gasteiger partial charge in [0.05, 0.1) is 4.90 Å². The number of nitrogens with two attached hydrogens (primary N) is 1. The van der Waals surface area contributed by atoms with Crippen LogP contribution >= 0.6 is 0 Å². The third-order valence-electron chi connectivity index (χ3n) is 2.36. The minimum absolute atomic E-state index is 0.118. The molecule has 0 spiro atoms. The first-order valence-electron chi connectivity index (χ1n) is 5.03. The lowest BCUT2D eigenvalue weighted by Crippen LogP contribution is -2.29. The van der Waals surface area contributed by atoms with Crippen molar-refractivity contribution in [3.8, 4) is 0 Å². The number of carbonyl (C=O) groups is 1. The van der Waals surface area contributed by atoms with Crippen LogP contribution in [0.5, 0.6) is 0 Å². The van der Waals surface area contributed by atoms with E-state index in [2.05, 4.69) is 0 Å². The molecule has 0 saturated carbocycles. The Balaban J connectivity index is 3.14. The van der Waals surface area contributed by atoms with E-state index in [-0.39, 0.29) is 4.90 Å². The third-order valence-corrected chi connectivity index (χ3v) is 4.10. The standard InChI is InChI=1S/C11H16N2O3S/c1-8-4-5-9(12)6-10(8)17(15,16)7-11(14)13(2)3/h4-6H,7,12H2,1-3H3. The quantitative estimate of drug-likeness (QED) is 0.796. The van der Waals surface area contributed by atoms with Crippen molar-refractivity contribution in [2.24, 2.45) is 0 Å². The predicted octanol–water partition coefficient (Wildman–Crippen LogP) is 0.439. The molecule has 0 saturated heterocycles. The van der Waals surface area contributed by atoms with Gasteiger partial charge < -0.3 is 10.6 Å². The number of nitrogens with zero attached hydrogens (tertiary/aromatic N) is 1. The summed E-state index contributed by atoms with van der Waals surface area (Å²) in [6.45, 7) is 1.67. The lowest BCUT2D eigenvalue weighted by Gasteiger charge is -2.12. The van der Waals surface area contributed by atoms with E-state index in [1.165, 1.54) is 25.1 Å². The molecule has 5 nitrogen and oxygen atoms in total. The first kappa shape index (κ1) is 13.5. The number of carbonyl (C=O) groups excluding carboxylic acids is 1. The number of amides is 1. The molecule has 6 heteroatoms. The average Bonchev–Trinajstić information content (AvgIpc) is 2.20. The van der Waals surface area contributed by atoms with Crippen LogP contribution in [0.1, 0.15) is 5.56 Å². The van der Waals surface area contributed by atoms with Gasteiger partial charge in [0, 0.05) is 19.8 Å². The van der Waals surface area contributed by atoms with Crippen molar-refractivity contribution in [1.82, 2.24) is 4.90 Å². The highest BCUT2D eigenvalue weighted by atomic mass is 32.2. The van der Waals surface area contributed by atoms with Crippen LogP contribution in [0.15, 0.2) is 23.1 Å². The van der Waals surface area contributed by atoms with Crippen LogP contribution in [-0.2, 0) is 14.6 Å². The second kappa shape index (κ2) is 4.75. The Bertz CT molecular complexity index is 536. The van der Waals surface area contributed by atoms with Crippen molar-refractivity contribution < 1.29 is 13.2 Å². The van der Waals surface area contributed by atoms with E-state index in [1.807, 2.05) is 0 Å². The summed E-state index contributed by atoms with van der Waals surface area (Å²) in [5.74, 6) is -0.989. The van der Waals surface area contributed by atoms with E-state index in [0.29, 0.717) is 11.3 Å². The van der Waals surface area contributed by atoms with Gasteiger partial charge in [-0.3, -0.25) is 4.79 Å². The summed E-state index contributed by atoms with van der Waals surface area (Å²) in [6.07, 6.45) is 0. The maximum Gasteiger partial charge on any atom is 0.237 e. The zero-order valence-electron chi connectivity index (χ0n) is 10.1. The van der Waals surface area contributed by atoms with Gasteiger partial charge in [-0.25, -0.2) is 8.42 Å². The number of benzene rings is 1. The summed E-state index contributed by atoms with van der Waals surface area (Å²) in [5.41, 5.74) is 6.51. The maximum atomic E-state index is 12.0. The second-order valence-electron chi connectivity index (χ2n) is 4.07. The Morgan fingerprint density at radius 2 is 1.94 bits per heavy atom. The van der Waals surface area contributed by atoms with Crippen molar-refractivity contribution in [1.29, 1.82) is 0 Å². The van der Waals surface area contributed by atoms with Gasteiger partial charge in [0.15, 0.2) is 9.84 Å². The molecule has 0 atom stereocenters. The van der Waals surface area contributed by atoms with Crippen LogP contribution in [0, 0.1) is 6.92 Å². The largest absolute Gasteiger partial charge is 0.399 e. The Morgan fingerprint density at radius 3 is 2.47 bits per heavy atom. The lowest BCUT2D eigenvalue weighted by molar-refractivity contribution is -0.125. The number of hydrogen-bond donors (Lipinski definition) is 1. The summed E-state index contributed by atoms with van der Waals surface area (Å²) in [7, 11) is -0.593. The normalized spacial score (nSPS) is 11.2. The van der Waals surface area contributed by atoms with E-state index < -0.39 is 21.5 Å². The van der Waals surface area contributed by atoms with Crippen LogP contribution in [0.3, 0.4) is 0 Å². The van der Waals surface area contributed by atoms with E-state index >= 15 is 0 Å². The molecule has 1 rings (SSSR count). The van der Waals surface area contributed by atoms with Crippen molar-refractivity contribution in [3.05, 3.63) is 23.8 Å². The molecule has 0 aromatic heterocycles. The molecule has 2 N–H and O–H groups in total. The van der Waals surface area contributed by atoms with Gasteiger partial charge >= 0.3 is 0 Å². The number of rotatable bonds is 3. The molecule has 1 amide bonds. The van der Waals surface area contributed by atoms with Gasteiger partial charge in [-0.2, -0.15) is 0 Å². The van der Waals surface area contributed by atoms with E-state index in [4.69, 9.17) is 5.73 Å². The molecule has 1 aromatic carbocycles. The molecule has 0 heterocycles. The van der Waals surface area contributed by atoms with Crippen LogP contribution in [-0.4, -0.2) is 39.1 Å². The number of aryl methyl sites for hydroxylation is 1. The summed E-state index contributed by atoms with van der Waals surface area (Å²) < 4.78 is 24.0. The second-order valence-corrected chi connectivity index (χ2v) is 6.03. The van der Waals surface area contributed by atoms with Gasteiger partial charge in [-0.1, -0.05) is 6.07 Å². The van der Waals surface area contributed by atoms with Gasteiger partial charge in [0.25, 0.3) is 0 Å². The van der Waals surface area contributed by atoms with Gasteiger partial charge in [-0.15, -0.1) is 0 Å². The van der Waals surface area contributed by atoms with Gasteiger partial charge in [-0.05, 0) is 24.6 Å². The fraction of sp³-hybridized carbons (Fsp3) is 0.364.